The van der Waals surface area contributed by atoms with E-state index in [-0.39, 0.29) is 0 Å². The Labute approximate surface area is 133 Å². The zero-order valence-electron chi connectivity index (χ0n) is 14.8. The van der Waals surface area contributed by atoms with Crippen LogP contribution in [0.25, 0.3) is 0 Å². The quantitative estimate of drug-likeness (QED) is 0.523. The summed E-state index contributed by atoms with van der Waals surface area (Å²) in [5.74, 6) is 1.57. The minimum Gasteiger partial charge on any atom is -0.330 e. The second-order valence-electron chi connectivity index (χ2n) is 7.24. The Balaban J connectivity index is 1.86. The topological polar surface area (TPSA) is 29.3 Å². The van der Waals surface area contributed by atoms with Gasteiger partial charge >= 0.3 is 0 Å². The first-order valence-corrected chi connectivity index (χ1v) is 9.70. The van der Waals surface area contributed by atoms with Crippen molar-refractivity contribution < 1.29 is 0 Å². The van der Waals surface area contributed by atoms with Gasteiger partial charge in [0, 0.05) is 6.54 Å². The van der Waals surface area contributed by atoms with Gasteiger partial charge in [0.25, 0.3) is 0 Å². The molecule has 0 aliphatic carbocycles. The van der Waals surface area contributed by atoms with Crippen molar-refractivity contribution in [2.45, 2.75) is 84.5 Å². The number of nitrogens with zero attached hydrogens (tertiary/aromatic N) is 1. The van der Waals surface area contributed by atoms with Crippen LogP contribution in [0.2, 0.25) is 0 Å². The Kier molecular flexibility index (Phi) is 11.3. The van der Waals surface area contributed by atoms with Gasteiger partial charge in [-0.2, -0.15) is 0 Å². The molecule has 2 N–H and O–H groups in total. The predicted octanol–water partition coefficient (Wildman–Crippen LogP) is 4.82. The van der Waals surface area contributed by atoms with E-state index in [0.717, 1.165) is 18.4 Å². The lowest BCUT2D eigenvalue weighted by Gasteiger charge is -2.36. The van der Waals surface area contributed by atoms with Crippen LogP contribution < -0.4 is 5.73 Å². The van der Waals surface area contributed by atoms with Crippen molar-refractivity contribution in [3.05, 3.63) is 0 Å². The molecule has 1 saturated heterocycles. The van der Waals surface area contributed by atoms with Gasteiger partial charge in [-0.15, -0.1) is 0 Å². The highest BCUT2D eigenvalue weighted by molar-refractivity contribution is 4.78. The average molecular weight is 297 g/mol. The second kappa shape index (κ2) is 12.5. The van der Waals surface area contributed by atoms with E-state index in [1.54, 1.807) is 0 Å². The lowest BCUT2D eigenvalue weighted by molar-refractivity contribution is 0.131. The van der Waals surface area contributed by atoms with Crippen LogP contribution in [0, 0.1) is 11.8 Å². The van der Waals surface area contributed by atoms with Crippen molar-refractivity contribution in [2.75, 3.05) is 26.2 Å². The predicted molar refractivity (Wildman–Crippen MR) is 94.6 cm³/mol. The SMILES string of the molecule is CCCCCCCCCCCCN1CCC(CN)C(C)C1. The molecule has 0 amide bonds. The molecule has 0 aromatic heterocycles. The van der Waals surface area contributed by atoms with E-state index < -0.39 is 0 Å². The maximum atomic E-state index is 5.83. The minimum absolute atomic E-state index is 0.772. The first-order chi connectivity index (χ1) is 10.3. The summed E-state index contributed by atoms with van der Waals surface area (Å²) in [4.78, 5) is 2.67. The van der Waals surface area contributed by atoms with Gasteiger partial charge in [0.1, 0.15) is 0 Å². The number of unbranched alkanes of at least 4 members (excludes halogenated alkanes) is 9. The van der Waals surface area contributed by atoms with Crippen molar-refractivity contribution in [1.82, 2.24) is 4.90 Å². The molecule has 0 radical (unpaired) electrons. The van der Waals surface area contributed by atoms with Crippen molar-refractivity contribution in [2.24, 2.45) is 17.6 Å². The van der Waals surface area contributed by atoms with Gasteiger partial charge in [-0.25, -0.2) is 0 Å². The number of likely N-dealkylation sites (tertiary alicyclic amines) is 1. The highest BCUT2D eigenvalue weighted by Crippen LogP contribution is 2.22. The first kappa shape index (κ1) is 19.0. The first-order valence-electron chi connectivity index (χ1n) is 9.70. The normalized spacial score (nSPS) is 23.6. The number of rotatable bonds is 12. The molecular formula is C19H40N2. The summed E-state index contributed by atoms with van der Waals surface area (Å²) < 4.78 is 0. The molecule has 1 heterocycles. The second-order valence-corrected chi connectivity index (χ2v) is 7.24. The smallest absolute Gasteiger partial charge is 0.00101 e. The van der Waals surface area contributed by atoms with E-state index in [9.17, 15) is 0 Å². The van der Waals surface area contributed by atoms with E-state index >= 15 is 0 Å². The Morgan fingerprint density at radius 2 is 1.48 bits per heavy atom. The number of hydrogen-bond donors (Lipinski definition) is 1. The van der Waals surface area contributed by atoms with Gasteiger partial charge in [-0.3, -0.25) is 0 Å². The Morgan fingerprint density at radius 1 is 0.905 bits per heavy atom. The zero-order valence-corrected chi connectivity index (χ0v) is 14.8. The molecule has 21 heavy (non-hydrogen) atoms. The molecule has 2 heteroatoms. The number of hydrogen-bond acceptors (Lipinski definition) is 2. The van der Waals surface area contributed by atoms with Gasteiger partial charge in [0.2, 0.25) is 0 Å². The average Bonchev–Trinajstić information content (AvgIpc) is 2.49. The van der Waals surface area contributed by atoms with Crippen LogP contribution in [0.3, 0.4) is 0 Å². The molecule has 1 aliphatic heterocycles. The summed E-state index contributed by atoms with van der Waals surface area (Å²) in [6.45, 7) is 9.43. The molecule has 0 bridgehead atoms. The molecule has 0 aromatic rings. The van der Waals surface area contributed by atoms with Crippen LogP contribution in [-0.2, 0) is 0 Å². The molecule has 0 aromatic carbocycles. The van der Waals surface area contributed by atoms with E-state index in [0.29, 0.717) is 0 Å². The fourth-order valence-corrected chi connectivity index (χ4v) is 3.66. The van der Waals surface area contributed by atoms with Crippen LogP contribution in [0.4, 0.5) is 0 Å². The van der Waals surface area contributed by atoms with E-state index in [2.05, 4.69) is 18.7 Å². The molecule has 2 unspecified atom stereocenters. The highest BCUT2D eigenvalue weighted by Gasteiger charge is 2.24. The van der Waals surface area contributed by atoms with Crippen LogP contribution in [0.1, 0.15) is 84.5 Å². The number of piperidine rings is 1. The third kappa shape index (κ3) is 8.83. The van der Waals surface area contributed by atoms with Crippen LogP contribution in [-0.4, -0.2) is 31.1 Å². The summed E-state index contributed by atoms with van der Waals surface area (Å²) in [7, 11) is 0. The van der Waals surface area contributed by atoms with E-state index in [1.807, 2.05) is 0 Å². The van der Waals surface area contributed by atoms with E-state index in [4.69, 9.17) is 5.73 Å². The van der Waals surface area contributed by atoms with Gasteiger partial charge in [-0.05, 0) is 44.3 Å². The van der Waals surface area contributed by atoms with Gasteiger partial charge < -0.3 is 10.6 Å². The molecule has 2 atom stereocenters. The lowest BCUT2D eigenvalue weighted by Crippen LogP contribution is -2.42. The molecule has 1 rings (SSSR count). The summed E-state index contributed by atoms with van der Waals surface area (Å²) in [5.41, 5.74) is 5.83. The summed E-state index contributed by atoms with van der Waals surface area (Å²) in [6.07, 6.45) is 15.7. The Bertz CT molecular complexity index is 230. The largest absolute Gasteiger partial charge is 0.330 e. The fourth-order valence-electron chi connectivity index (χ4n) is 3.66. The van der Waals surface area contributed by atoms with Gasteiger partial charge in [0.15, 0.2) is 0 Å². The van der Waals surface area contributed by atoms with Crippen molar-refractivity contribution in [3.63, 3.8) is 0 Å². The highest BCUT2D eigenvalue weighted by atomic mass is 15.1. The molecular weight excluding hydrogens is 256 g/mol. The molecule has 0 saturated carbocycles. The van der Waals surface area contributed by atoms with Crippen LogP contribution in [0.5, 0.6) is 0 Å². The van der Waals surface area contributed by atoms with Crippen LogP contribution >= 0.6 is 0 Å². The molecule has 126 valence electrons. The standard InChI is InChI=1S/C19H40N2/c1-3-4-5-6-7-8-9-10-11-12-14-21-15-13-19(16-20)18(2)17-21/h18-19H,3-17,20H2,1-2H3. The Morgan fingerprint density at radius 3 is 2.00 bits per heavy atom. The third-order valence-electron chi connectivity index (χ3n) is 5.30. The maximum absolute atomic E-state index is 5.83. The van der Waals surface area contributed by atoms with Gasteiger partial charge in [0.05, 0.1) is 0 Å². The van der Waals surface area contributed by atoms with Crippen LogP contribution in [0.15, 0.2) is 0 Å². The maximum Gasteiger partial charge on any atom is 0.00101 e. The fraction of sp³-hybridized carbons (Fsp3) is 1.00. The zero-order chi connectivity index (χ0) is 15.3. The monoisotopic (exact) mass is 296 g/mol. The number of nitrogens with two attached hydrogens (primary N) is 1. The molecule has 2 nitrogen and oxygen atoms in total. The minimum atomic E-state index is 0.772. The Hall–Kier alpha value is -0.0800. The van der Waals surface area contributed by atoms with Crippen molar-refractivity contribution in [1.29, 1.82) is 0 Å². The summed E-state index contributed by atoms with van der Waals surface area (Å²) in [5, 5.41) is 0. The molecule has 1 aliphatic rings. The summed E-state index contributed by atoms with van der Waals surface area (Å²) >= 11 is 0. The lowest BCUT2D eigenvalue weighted by atomic mass is 9.87. The third-order valence-corrected chi connectivity index (χ3v) is 5.30. The molecule has 1 fully saturated rings. The molecule has 0 spiro atoms. The van der Waals surface area contributed by atoms with E-state index in [1.165, 1.54) is 90.3 Å². The van der Waals surface area contributed by atoms with Gasteiger partial charge in [-0.1, -0.05) is 71.6 Å². The summed E-state index contributed by atoms with van der Waals surface area (Å²) in [6, 6.07) is 0. The van der Waals surface area contributed by atoms with Crippen molar-refractivity contribution in [3.8, 4) is 0 Å². The van der Waals surface area contributed by atoms with Crippen molar-refractivity contribution >= 4 is 0 Å².